The van der Waals surface area contributed by atoms with Gasteiger partial charge >= 0.3 is 0 Å². The molecule has 1 rings (SSSR count). The highest BCUT2D eigenvalue weighted by Gasteiger charge is 2.09. The lowest BCUT2D eigenvalue weighted by atomic mass is 10.1. The number of benzene rings is 1. The number of aliphatic hydroxyl groups is 1. The molecule has 0 aliphatic heterocycles. The molecule has 1 unspecified atom stereocenters. The summed E-state index contributed by atoms with van der Waals surface area (Å²) >= 11 is 0. The largest absolute Gasteiger partial charge is 0.383 e. The second-order valence-corrected chi connectivity index (χ2v) is 3.30. The second kappa shape index (κ2) is 5.40. The fraction of sp³-hybridized carbons (Fsp3) is 0.364. The van der Waals surface area contributed by atoms with E-state index < -0.39 is 12.0 Å². The molecule has 0 radical (unpaired) electrons. The van der Waals surface area contributed by atoms with Gasteiger partial charge in [-0.2, -0.15) is 0 Å². The van der Waals surface area contributed by atoms with Gasteiger partial charge in [-0.1, -0.05) is 30.3 Å². The summed E-state index contributed by atoms with van der Waals surface area (Å²) < 4.78 is 0. The van der Waals surface area contributed by atoms with Crippen molar-refractivity contribution in [2.75, 3.05) is 0 Å². The third-order valence-corrected chi connectivity index (χ3v) is 2.11. The van der Waals surface area contributed by atoms with Crippen LogP contribution in [0, 0.1) is 0 Å². The maximum atomic E-state index is 10.5. The first-order chi connectivity index (χ1) is 6.70. The van der Waals surface area contributed by atoms with E-state index in [-0.39, 0.29) is 0 Å². The Morgan fingerprint density at radius 3 is 2.57 bits per heavy atom. The average Bonchev–Trinajstić information content (AvgIpc) is 2.19. The standard InChI is InChI=1S/C11H15NO2/c12-11(14)10(13)8-4-7-9-5-2-1-3-6-9/h1-3,5-6,10,13H,4,7-8H2,(H2,12,14). The highest BCUT2D eigenvalue weighted by molar-refractivity contribution is 5.78. The van der Waals surface area contributed by atoms with E-state index in [9.17, 15) is 4.79 Å². The number of aryl methyl sites for hydroxylation is 1. The molecule has 1 aromatic rings. The van der Waals surface area contributed by atoms with Gasteiger partial charge in [0.05, 0.1) is 0 Å². The normalized spacial score (nSPS) is 12.4. The molecule has 1 atom stereocenters. The first-order valence-electron chi connectivity index (χ1n) is 4.71. The van der Waals surface area contributed by atoms with Crippen LogP contribution in [0.2, 0.25) is 0 Å². The van der Waals surface area contributed by atoms with E-state index in [1.807, 2.05) is 30.3 Å². The van der Waals surface area contributed by atoms with Gasteiger partial charge in [-0.05, 0) is 24.8 Å². The average molecular weight is 193 g/mol. The van der Waals surface area contributed by atoms with Gasteiger partial charge in [0, 0.05) is 0 Å². The minimum Gasteiger partial charge on any atom is -0.383 e. The molecular weight excluding hydrogens is 178 g/mol. The van der Waals surface area contributed by atoms with Crippen molar-refractivity contribution in [2.45, 2.75) is 25.4 Å². The van der Waals surface area contributed by atoms with Crippen molar-refractivity contribution in [2.24, 2.45) is 5.73 Å². The van der Waals surface area contributed by atoms with E-state index in [0.29, 0.717) is 6.42 Å². The monoisotopic (exact) mass is 193 g/mol. The third-order valence-electron chi connectivity index (χ3n) is 2.11. The SMILES string of the molecule is NC(=O)C(O)CCCc1ccccc1. The molecule has 3 nitrogen and oxygen atoms in total. The molecule has 0 aliphatic rings. The number of hydrogen-bond acceptors (Lipinski definition) is 2. The van der Waals surface area contributed by atoms with Crippen LogP contribution in [0.3, 0.4) is 0 Å². The molecule has 0 saturated heterocycles. The van der Waals surface area contributed by atoms with Crippen molar-refractivity contribution in [3.05, 3.63) is 35.9 Å². The molecule has 0 fully saturated rings. The molecule has 0 aliphatic carbocycles. The fourth-order valence-corrected chi connectivity index (χ4v) is 1.29. The summed E-state index contributed by atoms with van der Waals surface area (Å²) in [5, 5.41) is 9.13. The van der Waals surface area contributed by atoms with Crippen LogP contribution in [0.4, 0.5) is 0 Å². The summed E-state index contributed by atoms with van der Waals surface area (Å²) in [5.74, 6) is -0.641. The van der Waals surface area contributed by atoms with E-state index >= 15 is 0 Å². The predicted octanol–water partition coefficient (Wildman–Crippen LogP) is 0.855. The number of carbonyl (C=O) groups excluding carboxylic acids is 1. The number of nitrogens with two attached hydrogens (primary N) is 1. The van der Waals surface area contributed by atoms with Gasteiger partial charge in [0.25, 0.3) is 0 Å². The Hall–Kier alpha value is -1.35. The minimum absolute atomic E-state index is 0.435. The molecular formula is C11H15NO2. The van der Waals surface area contributed by atoms with E-state index in [0.717, 1.165) is 12.8 Å². The van der Waals surface area contributed by atoms with Crippen molar-refractivity contribution in [1.82, 2.24) is 0 Å². The molecule has 0 bridgehead atoms. The van der Waals surface area contributed by atoms with E-state index in [1.54, 1.807) is 0 Å². The van der Waals surface area contributed by atoms with Crippen molar-refractivity contribution in [1.29, 1.82) is 0 Å². The smallest absolute Gasteiger partial charge is 0.246 e. The molecule has 1 amide bonds. The second-order valence-electron chi connectivity index (χ2n) is 3.30. The zero-order valence-electron chi connectivity index (χ0n) is 8.02. The summed E-state index contributed by atoms with van der Waals surface area (Å²) in [5.41, 5.74) is 6.14. The summed E-state index contributed by atoms with van der Waals surface area (Å²) in [4.78, 5) is 10.5. The van der Waals surface area contributed by atoms with Crippen molar-refractivity contribution in [3.63, 3.8) is 0 Å². The number of primary amides is 1. The first kappa shape index (κ1) is 10.7. The van der Waals surface area contributed by atoms with Crippen LogP contribution in [-0.2, 0) is 11.2 Å². The van der Waals surface area contributed by atoms with Gasteiger partial charge in [-0.25, -0.2) is 0 Å². The predicted molar refractivity (Wildman–Crippen MR) is 54.6 cm³/mol. The topological polar surface area (TPSA) is 63.3 Å². The number of aliphatic hydroxyl groups excluding tert-OH is 1. The molecule has 76 valence electrons. The quantitative estimate of drug-likeness (QED) is 0.728. The molecule has 3 N–H and O–H groups in total. The number of carbonyl (C=O) groups is 1. The van der Waals surface area contributed by atoms with Crippen LogP contribution in [0.15, 0.2) is 30.3 Å². The summed E-state index contributed by atoms with van der Waals surface area (Å²) in [6.07, 6.45) is 1.07. The third kappa shape index (κ3) is 3.58. The van der Waals surface area contributed by atoms with E-state index in [4.69, 9.17) is 10.8 Å². The lowest BCUT2D eigenvalue weighted by Gasteiger charge is -2.05. The minimum atomic E-state index is -1.00. The molecule has 3 heteroatoms. The fourth-order valence-electron chi connectivity index (χ4n) is 1.29. The van der Waals surface area contributed by atoms with Crippen molar-refractivity contribution >= 4 is 5.91 Å². The summed E-state index contributed by atoms with van der Waals surface area (Å²) in [6, 6.07) is 9.95. The Labute approximate surface area is 83.6 Å². The lowest BCUT2D eigenvalue weighted by molar-refractivity contribution is -0.126. The molecule has 0 saturated carbocycles. The molecule has 1 aromatic carbocycles. The van der Waals surface area contributed by atoms with Gasteiger partial charge in [0.1, 0.15) is 6.10 Å². The zero-order chi connectivity index (χ0) is 10.4. The molecule has 0 heterocycles. The highest BCUT2D eigenvalue weighted by atomic mass is 16.3. The maximum absolute atomic E-state index is 10.5. The zero-order valence-corrected chi connectivity index (χ0v) is 8.02. The van der Waals surface area contributed by atoms with Crippen LogP contribution in [0.5, 0.6) is 0 Å². The maximum Gasteiger partial charge on any atom is 0.246 e. The van der Waals surface area contributed by atoms with Crippen LogP contribution in [0.25, 0.3) is 0 Å². The first-order valence-corrected chi connectivity index (χ1v) is 4.71. The van der Waals surface area contributed by atoms with Crippen LogP contribution in [-0.4, -0.2) is 17.1 Å². The van der Waals surface area contributed by atoms with Gasteiger partial charge in [-0.3, -0.25) is 4.79 Å². The van der Waals surface area contributed by atoms with Crippen molar-refractivity contribution in [3.8, 4) is 0 Å². The summed E-state index contributed by atoms with van der Waals surface area (Å²) in [7, 11) is 0. The Morgan fingerprint density at radius 1 is 1.36 bits per heavy atom. The molecule has 14 heavy (non-hydrogen) atoms. The van der Waals surface area contributed by atoms with Crippen molar-refractivity contribution < 1.29 is 9.90 Å². The van der Waals surface area contributed by atoms with Crippen LogP contribution in [0.1, 0.15) is 18.4 Å². The Balaban J connectivity index is 2.26. The molecule has 0 spiro atoms. The Morgan fingerprint density at radius 2 is 2.00 bits per heavy atom. The van der Waals surface area contributed by atoms with Gasteiger partial charge < -0.3 is 10.8 Å². The van der Waals surface area contributed by atoms with Crippen LogP contribution >= 0.6 is 0 Å². The van der Waals surface area contributed by atoms with Gasteiger partial charge in [0.2, 0.25) is 5.91 Å². The van der Waals surface area contributed by atoms with Gasteiger partial charge in [0.15, 0.2) is 0 Å². The summed E-state index contributed by atoms with van der Waals surface area (Å²) in [6.45, 7) is 0. The Kier molecular flexibility index (Phi) is 4.13. The Bertz CT molecular complexity index is 285. The number of hydrogen-bond donors (Lipinski definition) is 2. The van der Waals surface area contributed by atoms with E-state index in [2.05, 4.69) is 0 Å². The lowest BCUT2D eigenvalue weighted by Crippen LogP contribution is -2.28. The van der Waals surface area contributed by atoms with Gasteiger partial charge in [-0.15, -0.1) is 0 Å². The molecule has 0 aromatic heterocycles. The highest BCUT2D eigenvalue weighted by Crippen LogP contribution is 2.06. The number of rotatable bonds is 5. The van der Waals surface area contributed by atoms with Crippen LogP contribution < -0.4 is 5.73 Å². The van der Waals surface area contributed by atoms with E-state index in [1.165, 1.54) is 5.56 Å². The number of amides is 1.